The summed E-state index contributed by atoms with van der Waals surface area (Å²) in [6.45, 7) is 1.64. The van der Waals surface area contributed by atoms with Crippen LogP contribution in [0.25, 0.3) is 0 Å². The third kappa shape index (κ3) is 13.9. The minimum Gasteiger partial charge on any atom is -0.493 e. The molecule has 0 fully saturated rings. The number of hydrogen-bond donors (Lipinski definition) is 4. The number of nitrogens with two attached hydrogens (primary N) is 4. The second kappa shape index (κ2) is 21.3. The van der Waals surface area contributed by atoms with Crippen molar-refractivity contribution < 1.29 is 27.0 Å². The number of methoxy groups -OCH3 is 2. The van der Waals surface area contributed by atoms with E-state index in [4.69, 9.17) is 55.6 Å². The van der Waals surface area contributed by atoms with E-state index < -0.39 is 12.6 Å². The van der Waals surface area contributed by atoms with Crippen LogP contribution in [0.5, 0.6) is 11.5 Å². The summed E-state index contributed by atoms with van der Waals surface area (Å²) in [6.07, 6.45) is -5.19. The van der Waals surface area contributed by atoms with Crippen molar-refractivity contribution in [3.63, 3.8) is 0 Å². The molecule has 1 unspecified atom stereocenters. The Morgan fingerprint density at radius 3 is 1.57 bits per heavy atom. The maximum Gasteiger partial charge on any atom is 0.273 e. The van der Waals surface area contributed by atoms with E-state index in [9.17, 15) is 17.6 Å². The molecule has 0 saturated heterocycles. The topological polar surface area (TPSA) is 123 Å². The quantitative estimate of drug-likeness (QED) is 0.147. The fourth-order valence-corrected chi connectivity index (χ4v) is 3.70. The van der Waals surface area contributed by atoms with Gasteiger partial charge in [0.05, 0.1) is 24.3 Å². The van der Waals surface area contributed by atoms with Crippen LogP contribution >= 0.6 is 23.2 Å². The van der Waals surface area contributed by atoms with Crippen LogP contribution in [-0.4, -0.2) is 20.6 Å². The molecule has 0 amide bonds. The summed E-state index contributed by atoms with van der Waals surface area (Å²) in [5.41, 5.74) is 24.9. The maximum absolute atomic E-state index is 12.8. The van der Waals surface area contributed by atoms with Crippen LogP contribution in [0, 0.1) is 5.82 Å². The highest BCUT2D eigenvalue weighted by Crippen LogP contribution is 2.27. The lowest BCUT2D eigenvalue weighted by atomic mass is 10.1. The molecule has 44 heavy (non-hydrogen) atoms. The largest absolute Gasteiger partial charge is 0.493 e. The van der Waals surface area contributed by atoms with Gasteiger partial charge in [0.1, 0.15) is 5.82 Å². The zero-order chi connectivity index (χ0) is 33.1. The van der Waals surface area contributed by atoms with Crippen molar-refractivity contribution in [3.05, 3.63) is 129 Å². The van der Waals surface area contributed by atoms with Crippen LogP contribution in [0.1, 0.15) is 34.0 Å². The molecule has 0 aromatic heterocycles. The molecular formula is C32H38Cl2F4N4O2. The molecule has 240 valence electrons. The predicted molar refractivity (Wildman–Crippen MR) is 170 cm³/mol. The Labute approximate surface area is 265 Å². The lowest BCUT2D eigenvalue weighted by Crippen LogP contribution is -2.04. The molecule has 0 aliphatic rings. The van der Waals surface area contributed by atoms with Crippen LogP contribution in [-0.2, 0) is 26.2 Å². The summed E-state index contributed by atoms with van der Waals surface area (Å²) in [5.74, 6) is 1.23. The molecule has 4 aromatic rings. The first-order valence-electron chi connectivity index (χ1n) is 13.2. The van der Waals surface area contributed by atoms with Crippen molar-refractivity contribution >= 4 is 23.2 Å². The van der Waals surface area contributed by atoms with Crippen LogP contribution in [0.15, 0.2) is 84.9 Å². The highest BCUT2D eigenvalue weighted by Gasteiger charge is 2.21. The van der Waals surface area contributed by atoms with Crippen molar-refractivity contribution in [3.8, 4) is 11.5 Å². The van der Waals surface area contributed by atoms with Gasteiger partial charge in [0, 0.05) is 26.2 Å². The number of hydrogen-bond acceptors (Lipinski definition) is 6. The molecule has 0 saturated carbocycles. The molecule has 0 aliphatic heterocycles. The number of ether oxygens (including phenoxy) is 2. The Balaban J connectivity index is 0.000000296. The van der Waals surface area contributed by atoms with Crippen LogP contribution in [0.4, 0.5) is 17.6 Å². The van der Waals surface area contributed by atoms with Gasteiger partial charge in [-0.1, -0.05) is 71.7 Å². The summed E-state index contributed by atoms with van der Waals surface area (Å²) < 4.78 is 59.1. The molecule has 0 aliphatic carbocycles. The van der Waals surface area contributed by atoms with Gasteiger partial charge in [-0.3, -0.25) is 0 Å². The lowest BCUT2D eigenvalue weighted by Gasteiger charge is -2.07. The minimum absolute atomic E-state index is 0.0158. The third-order valence-corrected chi connectivity index (χ3v) is 6.49. The van der Waals surface area contributed by atoms with Gasteiger partial charge in [-0.2, -0.15) is 0 Å². The van der Waals surface area contributed by atoms with Crippen molar-refractivity contribution in [1.82, 2.24) is 0 Å². The maximum atomic E-state index is 12.8. The normalized spacial score (nSPS) is 10.8. The zero-order valence-corrected chi connectivity index (χ0v) is 26.0. The first-order valence-corrected chi connectivity index (χ1v) is 14.0. The average Bonchev–Trinajstić information content (AvgIpc) is 3.06. The zero-order valence-electron chi connectivity index (χ0n) is 24.5. The molecule has 6 nitrogen and oxygen atoms in total. The number of halogens is 6. The molecule has 0 bridgehead atoms. The van der Waals surface area contributed by atoms with Crippen molar-refractivity contribution in [2.75, 3.05) is 14.2 Å². The van der Waals surface area contributed by atoms with Gasteiger partial charge >= 0.3 is 0 Å². The van der Waals surface area contributed by atoms with E-state index >= 15 is 0 Å². The van der Waals surface area contributed by atoms with Crippen molar-refractivity contribution in [1.29, 1.82) is 0 Å². The van der Waals surface area contributed by atoms with Crippen LogP contribution < -0.4 is 32.4 Å². The van der Waals surface area contributed by atoms with Crippen molar-refractivity contribution in [2.45, 2.75) is 38.8 Å². The Bertz CT molecular complexity index is 1400. The van der Waals surface area contributed by atoms with Crippen molar-refractivity contribution in [2.24, 2.45) is 22.9 Å². The van der Waals surface area contributed by atoms with E-state index in [0.29, 0.717) is 35.2 Å². The second-order valence-electron chi connectivity index (χ2n) is 8.87. The Morgan fingerprint density at radius 1 is 0.591 bits per heavy atom. The SMILES string of the molecule is COc1ccc(CN)cc1OC.NCc1ccc(Cl)c(Cl)c1.NCc1cccc(C(F)C(F)F)c1.NCc1cccc(F)c1. The summed E-state index contributed by atoms with van der Waals surface area (Å²) >= 11 is 11.4. The molecule has 0 spiro atoms. The van der Waals surface area contributed by atoms with Gasteiger partial charge in [-0.25, -0.2) is 17.6 Å². The summed E-state index contributed by atoms with van der Waals surface area (Å²) in [4.78, 5) is 0. The van der Waals surface area contributed by atoms with Gasteiger partial charge < -0.3 is 32.4 Å². The molecule has 1 atom stereocenters. The Kier molecular flexibility index (Phi) is 18.7. The van der Waals surface area contributed by atoms with Gasteiger partial charge in [-0.05, 0) is 64.2 Å². The third-order valence-electron chi connectivity index (χ3n) is 5.75. The molecule has 8 N–H and O–H groups in total. The minimum atomic E-state index is -2.98. The fraction of sp³-hybridized carbons (Fsp3) is 0.250. The summed E-state index contributed by atoms with van der Waals surface area (Å²) in [7, 11) is 3.22. The van der Waals surface area contributed by atoms with Gasteiger partial charge in [-0.15, -0.1) is 0 Å². The van der Waals surface area contributed by atoms with E-state index in [1.165, 1.54) is 30.3 Å². The first-order chi connectivity index (χ1) is 21.0. The monoisotopic (exact) mass is 656 g/mol. The summed E-state index contributed by atoms with van der Waals surface area (Å²) in [5, 5.41) is 1.13. The highest BCUT2D eigenvalue weighted by molar-refractivity contribution is 6.42. The van der Waals surface area contributed by atoms with E-state index in [2.05, 4.69) is 0 Å². The second-order valence-corrected chi connectivity index (χ2v) is 9.68. The smallest absolute Gasteiger partial charge is 0.273 e. The number of rotatable bonds is 8. The first kappa shape index (κ1) is 38.6. The van der Waals surface area contributed by atoms with Gasteiger partial charge in [0.15, 0.2) is 17.7 Å². The van der Waals surface area contributed by atoms with E-state index in [-0.39, 0.29) is 17.9 Å². The van der Waals surface area contributed by atoms with E-state index in [0.717, 1.165) is 28.2 Å². The number of alkyl halides is 3. The molecular weight excluding hydrogens is 619 g/mol. The summed E-state index contributed by atoms with van der Waals surface area (Å²) in [6, 6.07) is 23.2. The molecule has 0 radical (unpaired) electrons. The fourth-order valence-electron chi connectivity index (χ4n) is 3.38. The highest BCUT2D eigenvalue weighted by atomic mass is 35.5. The Hall–Kier alpha value is -3.38. The van der Waals surface area contributed by atoms with E-state index in [1.807, 2.05) is 24.3 Å². The molecule has 0 heterocycles. The predicted octanol–water partition coefficient (Wildman–Crippen LogP) is 7.32. The number of benzene rings is 4. The Morgan fingerprint density at radius 2 is 1.09 bits per heavy atom. The van der Waals surface area contributed by atoms with Crippen LogP contribution in [0.3, 0.4) is 0 Å². The molecule has 4 aromatic carbocycles. The average molecular weight is 658 g/mol. The van der Waals surface area contributed by atoms with Gasteiger partial charge in [0.25, 0.3) is 6.43 Å². The van der Waals surface area contributed by atoms with Gasteiger partial charge in [0.2, 0.25) is 0 Å². The molecule has 12 heteroatoms. The lowest BCUT2D eigenvalue weighted by molar-refractivity contribution is 0.0495. The molecule has 4 rings (SSSR count). The standard InChI is InChI=1S/C9H10F3N.C9H13NO2.C7H7Cl2N.C7H8FN/c10-8(9(11)12)7-3-1-2-6(4-7)5-13;1-11-8-4-3-7(6-10)5-9(8)12-2;8-6-2-1-5(4-10)3-7(6)9;8-7-3-1-2-6(4-7)5-9/h1-4,8-9H,5,13H2;3-5H,6,10H2,1-2H3;1-3H,4,10H2;1-4H,5,9H2. The van der Waals surface area contributed by atoms with Crippen LogP contribution in [0.2, 0.25) is 10.0 Å². The van der Waals surface area contributed by atoms with E-state index in [1.54, 1.807) is 44.6 Å².